The number of aryl methyl sites for hydroxylation is 1. The Kier molecular flexibility index (Phi) is 2.47. The van der Waals surface area contributed by atoms with Gasteiger partial charge < -0.3 is 0 Å². The number of rotatable bonds is 3. The predicted octanol–water partition coefficient (Wildman–Crippen LogP) is 1.87. The van der Waals surface area contributed by atoms with E-state index in [1.54, 1.807) is 6.92 Å². The molecule has 1 heterocycles. The average Bonchev–Trinajstić information content (AvgIpc) is 2.69. The normalized spacial score (nSPS) is 10.6. The van der Waals surface area contributed by atoms with E-state index in [0.29, 0.717) is 17.4 Å². The Balaban J connectivity index is 2.83. The summed E-state index contributed by atoms with van der Waals surface area (Å²) in [6.45, 7) is 2.29. The van der Waals surface area contributed by atoms with Crippen molar-refractivity contribution in [3.05, 3.63) is 38.6 Å². The van der Waals surface area contributed by atoms with Gasteiger partial charge in [0.2, 0.25) is 0 Å². The van der Waals surface area contributed by atoms with Gasteiger partial charge in [-0.2, -0.15) is 5.10 Å². The van der Waals surface area contributed by atoms with Crippen molar-refractivity contribution in [3.63, 3.8) is 0 Å². The van der Waals surface area contributed by atoms with Crippen molar-refractivity contribution >= 4 is 22.3 Å². The molecule has 0 bridgehead atoms. The van der Waals surface area contributed by atoms with E-state index in [0.717, 1.165) is 6.07 Å². The monoisotopic (exact) mass is 236 g/mol. The lowest BCUT2D eigenvalue weighted by Crippen LogP contribution is -1.98. The maximum atomic E-state index is 10.8. The quantitative estimate of drug-likeness (QED) is 0.597. The van der Waals surface area contributed by atoms with Gasteiger partial charge in [-0.3, -0.25) is 24.9 Å². The first-order chi connectivity index (χ1) is 8.04. The standard InChI is InChI=1S/C9H8N4O4/c1-2-11-8-3-6(12(14)15)4-9(13(16)17)7(8)5-10-11/h3-5H,2H2,1H3. The lowest BCUT2D eigenvalue weighted by molar-refractivity contribution is -0.393. The second kappa shape index (κ2) is 3.81. The number of benzene rings is 1. The Morgan fingerprint density at radius 1 is 1.29 bits per heavy atom. The van der Waals surface area contributed by atoms with Crippen molar-refractivity contribution < 1.29 is 9.85 Å². The molecule has 0 unspecified atom stereocenters. The van der Waals surface area contributed by atoms with Gasteiger partial charge >= 0.3 is 0 Å². The first-order valence-corrected chi connectivity index (χ1v) is 4.83. The average molecular weight is 236 g/mol. The summed E-state index contributed by atoms with van der Waals surface area (Å²) < 4.78 is 1.48. The molecule has 0 N–H and O–H groups in total. The summed E-state index contributed by atoms with van der Waals surface area (Å²) in [5.74, 6) is 0. The maximum absolute atomic E-state index is 10.8. The zero-order valence-electron chi connectivity index (χ0n) is 8.86. The zero-order chi connectivity index (χ0) is 12.6. The van der Waals surface area contributed by atoms with Crippen LogP contribution in [0.25, 0.3) is 10.9 Å². The molecule has 0 fully saturated rings. The molecule has 17 heavy (non-hydrogen) atoms. The fourth-order valence-electron chi connectivity index (χ4n) is 1.65. The summed E-state index contributed by atoms with van der Waals surface area (Å²) in [7, 11) is 0. The van der Waals surface area contributed by atoms with E-state index in [9.17, 15) is 20.2 Å². The summed E-state index contributed by atoms with van der Waals surface area (Å²) >= 11 is 0. The van der Waals surface area contributed by atoms with Gasteiger partial charge in [0.1, 0.15) is 0 Å². The number of non-ortho nitro benzene ring substituents is 2. The van der Waals surface area contributed by atoms with Crippen molar-refractivity contribution in [2.24, 2.45) is 0 Å². The van der Waals surface area contributed by atoms with E-state index in [4.69, 9.17) is 0 Å². The Morgan fingerprint density at radius 2 is 2.00 bits per heavy atom. The van der Waals surface area contributed by atoms with E-state index < -0.39 is 9.85 Å². The molecule has 1 aromatic carbocycles. The van der Waals surface area contributed by atoms with E-state index in [2.05, 4.69) is 5.10 Å². The van der Waals surface area contributed by atoms with Crippen LogP contribution in [0.4, 0.5) is 11.4 Å². The number of fused-ring (bicyclic) bond motifs is 1. The lowest BCUT2D eigenvalue weighted by atomic mass is 10.2. The van der Waals surface area contributed by atoms with Gasteiger partial charge in [0.25, 0.3) is 11.4 Å². The van der Waals surface area contributed by atoms with Gasteiger partial charge in [-0.15, -0.1) is 0 Å². The molecule has 0 aliphatic rings. The maximum Gasteiger partial charge on any atom is 0.287 e. The van der Waals surface area contributed by atoms with Crippen molar-refractivity contribution in [1.29, 1.82) is 0 Å². The molecule has 8 heteroatoms. The molecule has 1 aromatic heterocycles. The van der Waals surface area contributed by atoms with Crippen LogP contribution >= 0.6 is 0 Å². The number of nitrogens with zero attached hydrogens (tertiary/aromatic N) is 4. The largest absolute Gasteiger partial charge is 0.287 e. The third-order valence-corrected chi connectivity index (χ3v) is 2.43. The smallest absolute Gasteiger partial charge is 0.265 e. The van der Waals surface area contributed by atoms with Gasteiger partial charge in [-0.25, -0.2) is 0 Å². The van der Waals surface area contributed by atoms with Gasteiger partial charge in [0.05, 0.1) is 33.0 Å². The summed E-state index contributed by atoms with van der Waals surface area (Å²) in [5, 5.41) is 25.8. The van der Waals surface area contributed by atoms with Crippen molar-refractivity contribution in [1.82, 2.24) is 9.78 Å². The summed E-state index contributed by atoms with van der Waals surface area (Å²) in [6.07, 6.45) is 1.35. The number of hydrogen-bond donors (Lipinski definition) is 0. The second-order valence-electron chi connectivity index (χ2n) is 3.37. The van der Waals surface area contributed by atoms with Gasteiger partial charge in [-0.1, -0.05) is 0 Å². The molecule has 0 saturated heterocycles. The highest BCUT2D eigenvalue weighted by molar-refractivity contribution is 5.90. The highest BCUT2D eigenvalue weighted by Crippen LogP contribution is 2.30. The topological polar surface area (TPSA) is 104 Å². The van der Waals surface area contributed by atoms with Gasteiger partial charge in [0.15, 0.2) is 0 Å². The number of nitro benzene ring substituents is 2. The van der Waals surface area contributed by atoms with Crippen LogP contribution in [-0.4, -0.2) is 19.6 Å². The van der Waals surface area contributed by atoms with Crippen LogP contribution in [0.2, 0.25) is 0 Å². The van der Waals surface area contributed by atoms with Crippen molar-refractivity contribution in [3.8, 4) is 0 Å². The van der Waals surface area contributed by atoms with Gasteiger partial charge in [-0.05, 0) is 6.92 Å². The SMILES string of the molecule is CCn1ncc2c([N+](=O)[O-])cc([N+](=O)[O-])cc21. The third kappa shape index (κ3) is 1.69. The fourth-order valence-corrected chi connectivity index (χ4v) is 1.65. The minimum absolute atomic E-state index is 0.297. The fraction of sp³-hybridized carbons (Fsp3) is 0.222. The van der Waals surface area contributed by atoms with E-state index >= 15 is 0 Å². The molecule has 0 spiro atoms. The molecule has 0 radical (unpaired) electrons. The Morgan fingerprint density at radius 3 is 2.53 bits per heavy atom. The molecule has 2 aromatic rings. The first kappa shape index (κ1) is 11.0. The minimum Gasteiger partial charge on any atom is -0.265 e. The Bertz CT molecular complexity index is 619. The van der Waals surface area contributed by atoms with Crippen LogP contribution < -0.4 is 0 Å². The van der Waals surface area contributed by atoms with Crippen LogP contribution in [-0.2, 0) is 6.54 Å². The lowest BCUT2D eigenvalue weighted by Gasteiger charge is -1.99. The molecule has 88 valence electrons. The minimum atomic E-state index is -0.653. The molecule has 0 atom stereocenters. The van der Waals surface area contributed by atoms with E-state index in [-0.39, 0.29) is 11.4 Å². The van der Waals surface area contributed by atoms with Crippen LogP contribution in [0.15, 0.2) is 18.3 Å². The first-order valence-electron chi connectivity index (χ1n) is 4.83. The van der Waals surface area contributed by atoms with Crippen LogP contribution in [0.3, 0.4) is 0 Å². The zero-order valence-corrected chi connectivity index (χ0v) is 8.86. The number of nitro groups is 2. The van der Waals surface area contributed by atoms with Crippen molar-refractivity contribution in [2.45, 2.75) is 13.5 Å². The molecule has 2 rings (SSSR count). The Hall–Kier alpha value is -2.51. The van der Waals surface area contributed by atoms with Gasteiger partial charge in [0, 0.05) is 12.6 Å². The predicted molar refractivity (Wildman–Crippen MR) is 58.7 cm³/mol. The van der Waals surface area contributed by atoms with E-state index in [1.807, 2.05) is 0 Å². The highest BCUT2D eigenvalue weighted by Gasteiger charge is 2.21. The number of hydrogen-bond acceptors (Lipinski definition) is 5. The molecule has 0 saturated carbocycles. The summed E-state index contributed by atoms with van der Waals surface area (Å²) in [4.78, 5) is 20.2. The number of aromatic nitrogens is 2. The van der Waals surface area contributed by atoms with Crippen LogP contribution in [0.5, 0.6) is 0 Å². The van der Waals surface area contributed by atoms with E-state index in [1.165, 1.54) is 16.9 Å². The van der Waals surface area contributed by atoms with Crippen molar-refractivity contribution in [2.75, 3.05) is 0 Å². The van der Waals surface area contributed by atoms with Crippen LogP contribution in [0.1, 0.15) is 6.92 Å². The molecule has 8 nitrogen and oxygen atoms in total. The molecule has 0 aliphatic heterocycles. The Labute approximate surface area is 94.8 Å². The summed E-state index contributed by atoms with van der Waals surface area (Å²) in [6, 6.07) is 2.24. The molecule has 0 amide bonds. The van der Waals surface area contributed by atoms with Crippen LogP contribution in [0, 0.1) is 20.2 Å². The molecular weight excluding hydrogens is 228 g/mol. The molecular formula is C9H8N4O4. The summed E-state index contributed by atoms with van der Waals surface area (Å²) in [5.41, 5.74) is -0.207. The second-order valence-corrected chi connectivity index (χ2v) is 3.37. The highest BCUT2D eigenvalue weighted by atomic mass is 16.6. The third-order valence-electron chi connectivity index (χ3n) is 2.43. The molecule has 0 aliphatic carbocycles.